The summed E-state index contributed by atoms with van der Waals surface area (Å²) >= 11 is 0. The molecule has 40 heavy (non-hydrogen) atoms. The molecule has 11 nitrogen and oxygen atoms in total. The van der Waals surface area contributed by atoms with Crippen molar-refractivity contribution in [1.82, 2.24) is 45.4 Å². The maximum absolute atomic E-state index is 13.9. The Bertz CT molecular complexity index is 1370. The van der Waals surface area contributed by atoms with Gasteiger partial charge in [0, 0.05) is 26.3 Å². The smallest absolute Gasteiger partial charge is 0.349 e. The van der Waals surface area contributed by atoms with Crippen molar-refractivity contribution in [2.45, 2.75) is 75.5 Å². The fraction of sp³-hybridized carbons (Fsp3) is 0.625. The fourth-order valence-electron chi connectivity index (χ4n) is 5.09. The number of fused-ring (bicyclic) bond motifs is 1. The van der Waals surface area contributed by atoms with Crippen LogP contribution in [0.15, 0.2) is 18.5 Å². The first-order valence-electron chi connectivity index (χ1n) is 13.0. The molecule has 2 aliphatic carbocycles. The number of rotatable bonds is 9. The molecule has 2 amide bonds. The molecule has 0 unspecified atom stereocenters. The van der Waals surface area contributed by atoms with Crippen molar-refractivity contribution in [1.29, 1.82) is 0 Å². The normalized spacial score (nSPS) is 19.4. The third-order valence-electron chi connectivity index (χ3n) is 7.43. The van der Waals surface area contributed by atoms with Gasteiger partial charge in [0.15, 0.2) is 5.65 Å². The van der Waals surface area contributed by atoms with Gasteiger partial charge in [-0.15, -0.1) is 5.10 Å². The van der Waals surface area contributed by atoms with Gasteiger partial charge in [0.2, 0.25) is 17.7 Å². The van der Waals surface area contributed by atoms with E-state index in [-0.39, 0.29) is 43.3 Å². The molecule has 3 heterocycles. The lowest BCUT2D eigenvalue weighted by atomic mass is 9.81. The van der Waals surface area contributed by atoms with Crippen LogP contribution in [0.5, 0.6) is 0 Å². The van der Waals surface area contributed by atoms with Crippen LogP contribution >= 0.6 is 0 Å². The van der Waals surface area contributed by atoms with Crippen LogP contribution in [-0.2, 0) is 11.8 Å². The minimum atomic E-state index is -4.43. The number of hydrogen-bond acceptors (Lipinski definition) is 7. The Morgan fingerprint density at radius 3 is 2.42 bits per heavy atom. The van der Waals surface area contributed by atoms with Crippen LogP contribution in [0.2, 0.25) is 0 Å². The Balaban J connectivity index is 1.39. The highest BCUT2D eigenvalue weighted by Crippen LogP contribution is 2.43. The number of tetrazole rings is 1. The van der Waals surface area contributed by atoms with E-state index in [1.165, 1.54) is 22.4 Å². The zero-order chi connectivity index (χ0) is 28.7. The van der Waals surface area contributed by atoms with Crippen LogP contribution in [0.1, 0.15) is 85.3 Å². The van der Waals surface area contributed by atoms with Gasteiger partial charge in [0.1, 0.15) is 0 Å². The van der Waals surface area contributed by atoms with E-state index in [0.717, 1.165) is 12.8 Å². The minimum absolute atomic E-state index is 0.0520. The predicted molar refractivity (Wildman–Crippen MR) is 128 cm³/mol. The number of halogens is 5. The van der Waals surface area contributed by atoms with E-state index >= 15 is 0 Å². The van der Waals surface area contributed by atoms with Gasteiger partial charge in [-0.1, -0.05) is 0 Å². The SMILES string of the molecule is Cn1nnnc1C(=O)N[C@H](c1cn2ncc([C@H](NC(=O)CCC(F)(F)F)C3CC3)cc2n1)C1CCC(F)(F)CC1. The summed E-state index contributed by atoms with van der Waals surface area (Å²) in [5, 5.41) is 20.8. The van der Waals surface area contributed by atoms with Crippen molar-refractivity contribution in [2.75, 3.05) is 0 Å². The summed E-state index contributed by atoms with van der Waals surface area (Å²) in [5.41, 5.74) is 1.37. The van der Waals surface area contributed by atoms with Crippen LogP contribution < -0.4 is 10.6 Å². The number of carbonyl (C=O) groups excluding carboxylic acids is 2. The quantitative estimate of drug-likeness (QED) is 0.377. The average Bonchev–Trinajstić information content (AvgIpc) is 3.49. The van der Waals surface area contributed by atoms with Crippen molar-refractivity contribution >= 4 is 17.5 Å². The number of alkyl halides is 5. The Morgan fingerprint density at radius 2 is 1.80 bits per heavy atom. The van der Waals surface area contributed by atoms with Crippen LogP contribution in [0.25, 0.3) is 5.65 Å². The monoisotopic (exact) mass is 569 g/mol. The number of aryl methyl sites for hydroxylation is 1. The van der Waals surface area contributed by atoms with Crippen molar-refractivity contribution in [2.24, 2.45) is 18.9 Å². The van der Waals surface area contributed by atoms with Crippen LogP contribution in [0.3, 0.4) is 0 Å². The van der Waals surface area contributed by atoms with Gasteiger partial charge in [0.25, 0.3) is 5.91 Å². The first-order valence-corrected chi connectivity index (χ1v) is 13.0. The maximum Gasteiger partial charge on any atom is 0.389 e. The Hall–Kier alpha value is -3.72. The second-order valence-corrected chi connectivity index (χ2v) is 10.5. The second-order valence-electron chi connectivity index (χ2n) is 10.5. The summed E-state index contributed by atoms with van der Waals surface area (Å²) in [6.07, 6.45) is -1.87. The average molecular weight is 570 g/mol. The van der Waals surface area contributed by atoms with E-state index in [2.05, 4.69) is 36.2 Å². The van der Waals surface area contributed by atoms with E-state index in [9.17, 15) is 31.5 Å². The molecule has 2 fully saturated rings. The summed E-state index contributed by atoms with van der Waals surface area (Å²) in [6.45, 7) is 0. The van der Waals surface area contributed by atoms with E-state index in [0.29, 0.717) is 16.9 Å². The lowest BCUT2D eigenvalue weighted by Gasteiger charge is -2.33. The number of aromatic nitrogens is 7. The lowest BCUT2D eigenvalue weighted by Crippen LogP contribution is -2.38. The Labute approximate surface area is 224 Å². The molecule has 2 N–H and O–H groups in total. The molecule has 0 aromatic carbocycles. The molecule has 3 aromatic rings. The molecule has 0 spiro atoms. The summed E-state index contributed by atoms with van der Waals surface area (Å²) < 4.78 is 68.2. The zero-order valence-electron chi connectivity index (χ0n) is 21.5. The van der Waals surface area contributed by atoms with Crippen molar-refractivity contribution < 1.29 is 31.5 Å². The topological polar surface area (TPSA) is 132 Å². The van der Waals surface area contributed by atoms with Crippen LogP contribution in [0, 0.1) is 11.8 Å². The number of carbonyl (C=O) groups is 2. The number of amides is 2. The number of nitrogens with zero attached hydrogens (tertiary/aromatic N) is 7. The Morgan fingerprint density at radius 1 is 1.10 bits per heavy atom. The molecular formula is C24H28F5N9O2. The second kappa shape index (κ2) is 10.7. The molecule has 216 valence electrons. The van der Waals surface area contributed by atoms with Gasteiger partial charge in [-0.05, 0) is 59.6 Å². The highest BCUT2D eigenvalue weighted by Gasteiger charge is 2.40. The van der Waals surface area contributed by atoms with Crippen LogP contribution in [0.4, 0.5) is 22.0 Å². The van der Waals surface area contributed by atoms with Gasteiger partial charge in [-0.25, -0.2) is 23.0 Å². The number of nitrogens with one attached hydrogen (secondary N) is 2. The third-order valence-corrected chi connectivity index (χ3v) is 7.43. The molecule has 16 heteroatoms. The van der Waals surface area contributed by atoms with Gasteiger partial charge >= 0.3 is 6.18 Å². The molecule has 0 aliphatic heterocycles. The Kier molecular flexibility index (Phi) is 7.44. The standard InChI is InChI=1S/C24H28F5N9O2/c1-37-21(34-35-36-37)22(40)33-20(14-4-7-23(25,26)8-5-14)16-12-38-17(31-16)10-15(11-30-38)19(13-2-3-13)32-18(39)6-9-24(27,28)29/h10-14,19-20H,2-9H2,1H3,(H,32,39)(H,33,40)/t19-,20+/m1/s1. The summed E-state index contributed by atoms with van der Waals surface area (Å²) in [6, 6.07) is 0.439. The van der Waals surface area contributed by atoms with Gasteiger partial charge < -0.3 is 10.6 Å². The summed E-state index contributed by atoms with van der Waals surface area (Å²) in [7, 11) is 1.50. The van der Waals surface area contributed by atoms with Gasteiger partial charge in [-0.2, -0.15) is 18.3 Å². The molecule has 3 aromatic heterocycles. The molecule has 0 saturated heterocycles. The number of hydrogen-bond donors (Lipinski definition) is 2. The van der Waals surface area contributed by atoms with Crippen molar-refractivity contribution in [3.8, 4) is 0 Å². The molecule has 2 atom stereocenters. The van der Waals surface area contributed by atoms with Crippen LogP contribution in [-0.4, -0.2) is 58.7 Å². The highest BCUT2D eigenvalue weighted by atomic mass is 19.4. The predicted octanol–water partition coefficient (Wildman–Crippen LogP) is 3.46. The summed E-state index contributed by atoms with van der Waals surface area (Å²) in [5.74, 6) is -4.37. The zero-order valence-corrected chi connectivity index (χ0v) is 21.5. The molecule has 2 saturated carbocycles. The van der Waals surface area contributed by atoms with E-state index in [4.69, 9.17) is 0 Å². The first-order chi connectivity index (χ1) is 18.9. The van der Waals surface area contributed by atoms with E-state index < -0.39 is 48.8 Å². The van der Waals surface area contributed by atoms with Gasteiger partial charge in [0.05, 0.1) is 36.6 Å². The molecule has 2 aliphatic rings. The fourth-order valence-corrected chi connectivity index (χ4v) is 5.09. The molecular weight excluding hydrogens is 541 g/mol. The maximum atomic E-state index is 13.9. The van der Waals surface area contributed by atoms with Crippen molar-refractivity contribution in [3.05, 3.63) is 35.5 Å². The highest BCUT2D eigenvalue weighted by molar-refractivity contribution is 5.90. The molecule has 0 bridgehead atoms. The lowest BCUT2D eigenvalue weighted by molar-refractivity contribution is -0.144. The minimum Gasteiger partial charge on any atom is -0.349 e. The van der Waals surface area contributed by atoms with E-state index in [1.54, 1.807) is 12.3 Å². The molecule has 5 rings (SSSR count). The third kappa shape index (κ3) is 6.53. The van der Waals surface area contributed by atoms with Gasteiger partial charge in [-0.3, -0.25) is 9.59 Å². The van der Waals surface area contributed by atoms with Crippen molar-refractivity contribution in [3.63, 3.8) is 0 Å². The first kappa shape index (κ1) is 27.8. The largest absolute Gasteiger partial charge is 0.389 e. The molecule has 0 radical (unpaired) electrons. The number of imidazole rings is 1. The summed E-state index contributed by atoms with van der Waals surface area (Å²) in [4.78, 5) is 29.8. The van der Waals surface area contributed by atoms with E-state index in [1.807, 2.05) is 0 Å².